The molecular weight excluding hydrogens is 525 g/mol. The number of phenolic OH excluding ortho intramolecular Hbond substituents is 1. The zero-order chi connectivity index (χ0) is 29.1. The third-order valence-corrected chi connectivity index (χ3v) is 7.06. The summed E-state index contributed by atoms with van der Waals surface area (Å²) in [6, 6.07) is 2.06. The van der Waals surface area contributed by atoms with E-state index in [9.17, 15) is 34.8 Å². The number of carbonyl (C=O) groups excluding carboxylic acids is 3. The second-order valence-electron chi connectivity index (χ2n) is 9.83. The van der Waals surface area contributed by atoms with Crippen LogP contribution in [0.3, 0.4) is 0 Å². The zero-order valence-corrected chi connectivity index (χ0v) is 21.9. The van der Waals surface area contributed by atoms with Crippen molar-refractivity contribution in [3.8, 4) is 5.75 Å². The molecule has 0 saturated heterocycles. The monoisotopic (exact) mass is 555 g/mol. The summed E-state index contributed by atoms with van der Waals surface area (Å²) in [5, 5.41) is 43.9. The quantitative estimate of drug-likeness (QED) is 0.169. The molecule has 4 atom stereocenters. The second kappa shape index (κ2) is 9.80. The first-order valence-corrected chi connectivity index (χ1v) is 12.9. The molecule has 0 aromatic heterocycles. The van der Waals surface area contributed by atoms with Crippen molar-refractivity contribution in [3.63, 3.8) is 0 Å². The largest absolute Gasteiger partial charge is 0.510 e. The van der Waals surface area contributed by atoms with Gasteiger partial charge in [0.05, 0.1) is 11.6 Å². The fourth-order valence-electron chi connectivity index (χ4n) is 5.65. The number of carbonyl (C=O) groups is 3. The van der Waals surface area contributed by atoms with Crippen molar-refractivity contribution < 1.29 is 54.1 Å². The highest BCUT2D eigenvalue weighted by molar-refractivity contribution is 7.45. The van der Waals surface area contributed by atoms with E-state index in [1.165, 1.54) is 11.0 Å². The predicted octanol–water partition coefficient (Wildman–Crippen LogP) is -0.742. The third-order valence-electron chi connectivity index (χ3n) is 7.06. The minimum Gasteiger partial charge on any atom is -0.510 e. The molecule has 3 aliphatic rings. The van der Waals surface area contributed by atoms with Gasteiger partial charge in [-0.25, -0.2) is 4.57 Å². The molecule has 0 radical (unpaired) electrons. The Morgan fingerprint density at radius 1 is 1.08 bits per heavy atom. The Morgan fingerprint density at radius 2 is 1.63 bits per heavy atom. The minimum atomic E-state index is -4.64. The highest BCUT2D eigenvalue weighted by Crippen LogP contribution is 2.53. The molecule has 4 rings (SSSR count). The maximum absolute atomic E-state index is 13.5. The topological polar surface area (TPSA) is 242 Å². The van der Waals surface area contributed by atoms with Crippen LogP contribution in [-0.4, -0.2) is 97.3 Å². The van der Waals surface area contributed by atoms with Crippen LogP contribution in [-0.2, 0) is 20.6 Å². The summed E-state index contributed by atoms with van der Waals surface area (Å²) >= 11 is 0. The first kappa shape index (κ1) is 29.3. The maximum atomic E-state index is 13.5. The van der Waals surface area contributed by atoms with Crippen LogP contribution >= 0.6 is 7.82 Å². The van der Waals surface area contributed by atoms with Gasteiger partial charge in [0.15, 0.2) is 11.4 Å². The zero-order valence-electron chi connectivity index (χ0n) is 21.0. The summed E-state index contributed by atoms with van der Waals surface area (Å²) in [6.45, 7) is 0. The van der Waals surface area contributed by atoms with E-state index in [1.807, 2.05) is 0 Å². The van der Waals surface area contributed by atoms with Crippen LogP contribution in [0.2, 0.25) is 0 Å². The smallest absolute Gasteiger partial charge is 0.466 e. The number of anilines is 1. The summed E-state index contributed by atoms with van der Waals surface area (Å²) in [4.78, 5) is 63.6. The van der Waals surface area contributed by atoms with E-state index in [1.54, 1.807) is 39.2 Å². The summed E-state index contributed by atoms with van der Waals surface area (Å²) in [7, 11) is 2.15. The van der Waals surface area contributed by atoms with E-state index >= 15 is 0 Å². The van der Waals surface area contributed by atoms with Gasteiger partial charge < -0.3 is 45.7 Å². The minimum absolute atomic E-state index is 0.00184. The van der Waals surface area contributed by atoms with Crippen molar-refractivity contribution >= 4 is 31.0 Å². The first-order valence-electron chi connectivity index (χ1n) is 11.3. The van der Waals surface area contributed by atoms with Gasteiger partial charge in [0, 0.05) is 31.3 Å². The number of fused-ring (bicyclic) bond motifs is 3. The lowest BCUT2D eigenvalue weighted by molar-refractivity contribution is -0.148. The highest BCUT2D eigenvalue weighted by atomic mass is 31.2. The lowest BCUT2D eigenvalue weighted by atomic mass is 9.58. The Labute approximate surface area is 217 Å². The van der Waals surface area contributed by atoms with Crippen LogP contribution in [0.4, 0.5) is 5.69 Å². The van der Waals surface area contributed by atoms with Crippen LogP contribution in [0.25, 0.3) is 0 Å². The average Bonchev–Trinajstić information content (AvgIpc) is 2.74. The molecule has 0 aliphatic heterocycles. The molecule has 1 amide bonds. The van der Waals surface area contributed by atoms with E-state index in [0.717, 1.165) is 5.69 Å². The summed E-state index contributed by atoms with van der Waals surface area (Å²) in [6.07, 6.45) is 0.324. The second-order valence-corrected chi connectivity index (χ2v) is 10.9. The van der Waals surface area contributed by atoms with E-state index in [-0.39, 0.29) is 29.7 Å². The van der Waals surface area contributed by atoms with E-state index in [2.05, 4.69) is 0 Å². The molecule has 9 N–H and O–H groups in total. The van der Waals surface area contributed by atoms with Crippen molar-refractivity contribution in [1.29, 1.82) is 0 Å². The number of Topliss-reactive ketones (excluding diaryl/α,β-unsaturated/α-hetero) is 2. The molecule has 0 saturated carbocycles. The van der Waals surface area contributed by atoms with Gasteiger partial charge in [-0.1, -0.05) is 0 Å². The standard InChI is InChI=1S/C23H27N3O7.H3O4P/c1-25(2)12-5-6-13(27)15-10(12)7-9-8-11-17(26(3)4)19(29)16(22(24)32)21(31)23(11,33)20(30)14(9)18(15)28;1-5(2,3)4/h5-6,9,11,17,27,29-30,33H,7-8H2,1-4H3,(H2,24,32);(H3,1,2,3,4)/t9-,11-,17-,23-;/m0./s1. The SMILES string of the molecule is CN(C)c1ccc(O)c2c1C[C@H]1C[C@H]3[C@H](N(C)C)C(O)=C(C(N)=O)C(=O)[C@@]3(O)C(O)=C1C2=O.O=P(O)(O)O. The van der Waals surface area contributed by atoms with E-state index in [0.29, 0.717) is 5.56 Å². The average molecular weight is 555 g/mol. The molecule has 0 heterocycles. The number of rotatable bonds is 3. The van der Waals surface area contributed by atoms with Gasteiger partial charge in [-0.15, -0.1) is 0 Å². The number of allylic oxidation sites excluding steroid dienone is 1. The Bertz CT molecular complexity index is 1320. The number of hydrogen-bond donors (Lipinski definition) is 8. The number of aliphatic hydroxyl groups excluding tert-OH is 2. The molecule has 0 fully saturated rings. The van der Waals surface area contributed by atoms with Crippen molar-refractivity contribution in [2.24, 2.45) is 17.6 Å². The Kier molecular flexibility index (Phi) is 7.56. The van der Waals surface area contributed by atoms with E-state index in [4.69, 9.17) is 25.0 Å². The maximum Gasteiger partial charge on any atom is 0.466 e. The fraction of sp³-hybridized carbons (Fsp3) is 0.435. The van der Waals surface area contributed by atoms with Crippen LogP contribution in [0.15, 0.2) is 34.8 Å². The number of likely N-dealkylation sites (N-methyl/N-ethyl adjacent to an activating group) is 1. The Balaban J connectivity index is 0.000000732. The molecule has 3 aliphatic carbocycles. The fourth-order valence-corrected chi connectivity index (χ4v) is 5.65. The Hall–Kier alpha value is -3.26. The van der Waals surface area contributed by atoms with Crippen molar-refractivity contribution in [2.45, 2.75) is 24.5 Å². The number of phosphoric acid groups is 1. The number of ketones is 2. The number of aromatic hydroxyl groups is 1. The number of aliphatic hydroxyl groups is 3. The lowest BCUT2D eigenvalue weighted by Gasteiger charge is -2.50. The van der Waals surface area contributed by atoms with Crippen LogP contribution < -0.4 is 10.6 Å². The number of amides is 1. The van der Waals surface area contributed by atoms with Gasteiger partial charge in [-0.3, -0.25) is 19.3 Å². The summed E-state index contributed by atoms with van der Waals surface area (Å²) in [5.41, 5.74) is 3.02. The number of phenols is 1. The molecular formula is C23H30N3O11P. The molecule has 14 nitrogen and oxygen atoms in total. The Morgan fingerprint density at radius 3 is 2.11 bits per heavy atom. The van der Waals surface area contributed by atoms with Crippen LogP contribution in [0, 0.1) is 11.8 Å². The molecule has 1 aromatic carbocycles. The van der Waals surface area contributed by atoms with Gasteiger partial charge in [0.25, 0.3) is 5.91 Å². The molecule has 0 spiro atoms. The normalized spacial score (nSPS) is 26.8. The van der Waals surface area contributed by atoms with E-state index < -0.39 is 65.9 Å². The highest BCUT2D eigenvalue weighted by Gasteiger charge is 2.63. The number of primary amides is 1. The molecule has 0 unspecified atom stereocenters. The lowest BCUT2D eigenvalue weighted by Crippen LogP contribution is -2.63. The number of nitrogens with zero attached hydrogens (tertiary/aromatic N) is 2. The van der Waals surface area contributed by atoms with Crippen molar-refractivity contribution in [3.05, 3.63) is 45.9 Å². The van der Waals surface area contributed by atoms with Gasteiger partial charge in [0.1, 0.15) is 22.8 Å². The van der Waals surface area contributed by atoms with Crippen LogP contribution in [0.1, 0.15) is 22.3 Å². The van der Waals surface area contributed by atoms with Crippen molar-refractivity contribution in [2.75, 3.05) is 33.1 Å². The summed E-state index contributed by atoms with van der Waals surface area (Å²) in [5.74, 6) is -6.53. The molecule has 1 aromatic rings. The molecule has 15 heteroatoms. The first-order chi connectivity index (χ1) is 17.3. The van der Waals surface area contributed by atoms with Gasteiger partial charge in [0.2, 0.25) is 5.78 Å². The predicted molar refractivity (Wildman–Crippen MR) is 132 cm³/mol. The van der Waals surface area contributed by atoms with Crippen LogP contribution in [0.5, 0.6) is 5.75 Å². The molecule has 38 heavy (non-hydrogen) atoms. The summed E-state index contributed by atoms with van der Waals surface area (Å²) < 4.78 is 8.88. The third kappa shape index (κ3) is 4.70. The number of nitrogens with two attached hydrogens (primary N) is 1. The van der Waals surface area contributed by atoms with Crippen molar-refractivity contribution in [1.82, 2.24) is 4.90 Å². The molecule has 0 bridgehead atoms. The number of benzene rings is 1. The van der Waals surface area contributed by atoms with Gasteiger partial charge in [-0.2, -0.15) is 0 Å². The van der Waals surface area contributed by atoms with Gasteiger partial charge >= 0.3 is 7.82 Å². The molecule has 208 valence electrons. The number of hydrogen-bond acceptors (Lipinski definition) is 10. The van der Waals surface area contributed by atoms with Gasteiger partial charge in [-0.05, 0) is 50.6 Å².